The molecule has 0 radical (unpaired) electrons. The van der Waals surface area contributed by atoms with Crippen LogP contribution in [0.4, 0.5) is 17.1 Å². The molecule has 0 atom stereocenters. The Labute approximate surface area is 455 Å². The van der Waals surface area contributed by atoms with Crippen molar-refractivity contribution in [1.82, 2.24) is 9.13 Å². The molecule has 0 bridgehead atoms. The lowest BCUT2D eigenvalue weighted by molar-refractivity contribution is 0.660. The van der Waals surface area contributed by atoms with Gasteiger partial charge in [0.25, 0.3) is 0 Å². The lowest BCUT2D eigenvalue weighted by Gasteiger charge is -2.29. The van der Waals surface area contributed by atoms with E-state index >= 15 is 0 Å². The van der Waals surface area contributed by atoms with E-state index in [1.807, 2.05) is 0 Å². The maximum Gasteiger partial charge on any atom is 0.0544 e. The van der Waals surface area contributed by atoms with E-state index in [1.54, 1.807) is 0 Å². The number of fused-ring (bicyclic) bond motifs is 15. The molecule has 0 N–H and O–H groups in total. The van der Waals surface area contributed by atoms with E-state index in [0.717, 1.165) is 17.1 Å². The van der Waals surface area contributed by atoms with Crippen molar-refractivity contribution < 1.29 is 0 Å². The van der Waals surface area contributed by atoms with Crippen LogP contribution in [-0.4, -0.2) is 9.13 Å². The fourth-order valence-electron chi connectivity index (χ4n) is 14.6. The van der Waals surface area contributed by atoms with E-state index in [-0.39, 0.29) is 16.2 Å². The minimum Gasteiger partial charge on any atom is -0.310 e. The van der Waals surface area contributed by atoms with Gasteiger partial charge in [-0.1, -0.05) is 181 Å². The molecule has 0 aliphatic heterocycles. The lowest BCUT2D eigenvalue weighted by Crippen LogP contribution is -2.16. The van der Waals surface area contributed by atoms with E-state index in [1.165, 1.54) is 133 Å². The van der Waals surface area contributed by atoms with E-state index in [4.69, 9.17) is 0 Å². The third kappa shape index (κ3) is 6.10. The van der Waals surface area contributed by atoms with Crippen molar-refractivity contribution in [3.05, 3.63) is 270 Å². The Morgan fingerprint density at radius 1 is 0.282 bits per heavy atom. The van der Waals surface area contributed by atoms with Gasteiger partial charge in [-0.2, -0.15) is 0 Å². The van der Waals surface area contributed by atoms with Crippen molar-refractivity contribution in [2.75, 3.05) is 4.90 Å². The summed E-state index contributed by atoms with van der Waals surface area (Å²) in [7, 11) is 0. The molecular weight excluding hydrogens is 943 g/mol. The number of benzene rings is 11. The van der Waals surface area contributed by atoms with Gasteiger partial charge in [0.2, 0.25) is 0 Å². The zero-order chi connectivity index (χ0) is 52.4. The topological polar surface area (TPSA) is 13.1 Å². The first-order chi connectivity index (χ1) is 38.0. The van der Waals surface area contributed by atoms with Gasteiger partial charge >= 0.3 is 0 Å². The molecule has 3 nitrogen and oxygen atoms in total. The van der Waals surface area contributed by atoms with E-state index < -0.39 is 0 Å². The number of para-hydroxylation sites is 2. The summed E-state index contributed by atoms with van der Waals surface area (Å²) in [6.07, 6.45) is 0. The van der Waals surface area contributed by atoms with Gasteiger partial charge in [-0.15, -0.1) is 0 Å². The first-order valence-corrected chi connectivity index (χ1v) is 27.7. The molecule has 2 aromatic heterocycles. The molecule has 78 heavy (non-hydrogen) atoms. The van der Waals surface area contributed by atoms with Crippen molar-refractivity contribution in [3.63, 3.8) is 0 Å². The number of rotatable bonds is 6. The van der Waals surface area contributed by atoms with Gasteiger partial charge in [0.1, 0.15) is 0 Å². The molecule has 372 valence electrons. The van der Waals surface area contributed by atoms with Gasteiger partial charge in [0, 0.05) is 66.1 Å². The molecule has 16 rings (SSSR count). The van der Waals surface area contributed by atoms with Crippen LogP contribution in [0.1, 0.15) is 74.9 Å². The van der Waals surface area contributed by atoms with Crippen molar-refractivity contribution in [3.8, 4) is 55.9 Å². The average Bonchev–Trinajstić information content (AvgIpc) is 4.31. The van der Waals surface area contributed by atoms with Crippen LogP contribution >= 0.6 is 0 Å². The Balaban J connectivity index is 0.895. The molecule has 11 aromatic carbocycles. The predicted octanol–water partition coefficient (Wildman–Crippen LogP) is 19.9. The maximum atomic E-state index is 2.52. The van der Waals surface area contributed by atoms with Crippen LogP contribution in [0.15, 0.2) is 237 Å². The van der Waals surface area contributed by atoms with Gasteiger partial charge in [-0.25, -0.2) is 0 Å². The number of anilines is 3. The highest BCUT2D eigenvalue weighted by molar-refractivity contribution is 6.14. The standard InChI is InChI=1S/C75H57N3/c1-73(2)63-29-18-15-26-54(63)72-64(73)30-19-31-69(72)76(51-37-39-68-58(41-51)60-43-56-53-25-14-17-28-62(53)75(5,6)66(56)45-71(60)78(68)49-22-11-8-12-23-49)50-35-32-46(33-36-50)47-34-38-67-57(40-47)59-42-55-52-24-13-16-27-61(52)74(3,4)65(55)44-70(59)77(67)48-20-9-7-10-21-48/h7-45H,1-6H3. The van der Waals surface area contributed by atoms with Crippen molar-refractivity contribution >= 4 is 60.7 Å². The van der Waals surface area contributed by atoms with Crippen molar-refractivity contribution in [2.24, 2.45) is 0 Å². The Kier molecular flexibility index (Phi) is 9.21. The van der Waals surface area contributed by atoms with Crippen LogP contribution in [0, 0.1) is 0 Å². The normalized spacial score (nSPS) is 14.8. The largest absolute Gasteiger partial charge is 0.310 e. The monoisotopic (exact) mass is 999 g/mol. The number of nitrogens with zero attached hydrogens (tertiary/aromatic N) is 3. The fourth-order valence-corrected chi connectivity index (χ4v) is 14.6. The molecular formula is C75H57N3. The Morgan fingerprint density at radius 2 is 0.705 bits per heavy atom. The second-order valence-electron chi connectivity index (χ2n) is 23.7. The quantitative estimate of drug-likeness (QED) is 0.162. The van der Waals surface area contributed by atoms with Crippen LogP contribution in [0.2, 0.25) is 0 Å². The Bertz CT molecular complexity index is 4680. The van der Waals surface area contributed by atoms with Crippen LogP contribution in [0.5, 0.6) is 0 Å². The highest BCUT2D eigenvalue weighted by atomic mass is 15.1. The number of aromatic nitrogens is 2. The van der Waals surface area contributed by atoms with E-state index in [9.17, 15) is 0 Å². The summed E-state index contributed by atoms with van der Waals surface area (Å²) in [6.45, 7) is 14.3. The zero-order valence-corrected chi connectivity index (χ0v) is 44.9. The Morgan fingerprint density at radius 3 is 1.27 bits per heavy atom. The molecule has 0 unspecified atom stereocenters. The third-order valence-electron chi connectivity index (χ3n) is 18.5. The number of hydrogen-bond donors (Lipinski definition) is 0. The summed E-state index contributed by atoms with van der Waals surface area (Å²) in [6, 6.07) is 89.3. The molecule has 0 fully saturated rings. The zero-order valence-electron chi connectivity index (χ0n) is 44.9. The minimum absolute atomic E-state index is 0.102. The summed E-state index contributed by atoms with van der Waals surface area (Å²) in [5.74, 6) is 0. The molecule has 3 aliphatic carbocycles. The van der Waals surface area contributed by atoms with Crippen LogP contribution in [0.3, 0.4) is 0 Å². The smallest absolute Gasteiger partial charge is 0.0544 e. The molecule has 0 saturated heterocycles. The van der Waals surface area contributed by atoms with Gasteiger partial charge in [0.05, 0.1) is 27.8 Å². The first-order valence-electron chi connectivity index (χ1n) is 27.7. The molecule has 3 heteroatoms. The highest BCUT2D eigenvalue weighted by Gasteiger charge is 2.40. The van der Waals surface area contributed by atoms with Crippen LogP contribution < -0.4 is 4.90 Å². The predicted molar refractivity (Wildman–Crippen MR) is 328 cm³/mol. The minimum atomic E-state index is -0.156. The molecule has 0 amide bonds. The second-order valence-corrected chi connectivity index (χ2v) is 23.7. The van der Waals surface area contributed by atoms with Crippen LogP contribution in [0.25, 0.3) is 99.5 Å². The summed E-state index contributed by atoms with van der Waals surface area (Å²) in [5.41, 5.74) is 28.8. The fraction of sp³-hybridized carbons (Fsp3) is 0.120. The van der Waals surface area contributed by atoms with Crippen molar-refractivity contribution in [1.29, 1.82) is 0 Å². The maximum absolute atomic E-state index is 2.52. The van der Waals surface area contributed by atoms with E-state index in [0.29, 0.717) is 0 Å². The summed E-state index contributed by atoms with van der Waals surface area (Å²) in [4.78, 5) is 2.52. The Hall–Kier alpha value is -9.18. The SMILES string of the molecule is CC1(C)c2ccccc2-c2cc3c4cc(-c5ccc(N(c6ccc7c(c6)c6cc8c(cc6n7-c6ccccc6)C(C)(C)c6ccccc6-8)c6cccc7c6-c6ccccc6C7(C)C)cc5)ccc4n(-c4ccccc4)c3cc21. The summed E-state index contributed by atoms with van der Waals surface area (Å²) < 4.78 is 4.95. The van der Waals surface area contributed by atoms with Crippen LogP contribution in [-0.2, 0) is 16.2 Å². The molecule has 13 aromatic rings. The van der Waals surface area contributed by atoms with Gasteiger partial charge in [-0.3, -0.25) is 0 Å². The van der Waals surface area contributed by atoms with E-state index in [2.05, 4.69) is 292 Å². The highest BCUT2D eigenvalue weighted by Crippen LogP contribution is 2.56. The van der Waals surface area contributed by atoms with Gasteiger partial charge in [-0.05, 0) is 169 Å². The molecule has 2 heterocycles. The average molecular weight is 1000 g/mol. The van der Waals surface area contributed by atoms with Gasteiger partial charge < -0.3 is 14.0 Å². The summed E-state index contributed by atoms with van der Waals surface area (Å²) >= 11 is 0. The van der Waals surface area contributed by atoms with Crippen molar-refractivity contribution in [2.45, 2.75) is 57.8 Å². The summed E-state index contributed by atoms with van der Waals surface area (Å²) in [5, 5.41) is 5.01. The second kappa shape index (κ2) is 15.9. The number of hydrogen-bond acceptors (Lipinski definition) is 1. The molecule has 0 saturated carbocycles. The lowest BCUT2D eigenvalue weighted by atomic mass is 9.82. The molecule has 3 aliphatic rings. The van der Waals surface area contributed by atoms with Gasteiger partial charge in [0.15, 0.2) is 0 Å². The molecule has 0 spiro atoms. The first kappa shape index (κ1) is 45.1. The third-order valence-corrected chi connectivity index (χ3v) is 18.5.